The molecule has 1 heterocycles. The van der Waals surface area contributed by atoms with Crippen LogP contribution in [0.5, 0.6) is 11.5 Å². The highest BCUT2D eigenvalue weighted by Crippen LogP contribution is 2.33. The minimum atomic E-state index is 0.631. The van der Waals surface area contributed by atoms with Gasteiger partial charge in [-0.15, -0.1) is 11.3 Å². The first-order chi connectivity index (χ1) is 8.67. The molecular weight excluding hydrogens is 248 g/mol. The Morgan fingerprint density at radius 3 is 2.22 bits per heavy atom. The van der Waals surface area contributed by atoms with Gasteiger partial charge in [0.15, 0.2) is 0 Å². The van der Waals surface area contributed by atoms with Gasteiger partial charge in [0.05, 0.1) is 19.9 Å². The van der Waals surface area contributed by atoms with E-state index in [1.165, 1.54) is 11.3 Å². The van der Waals surface area contributed by atoms with Crippen LogP contribution in [0.25, 0.3) is 10.6 Å². The Balaban J connectivity index is 2.52. The fourth-order valence-electron chi connectivity index (χ4n) is 1.55. The highest BCUT2D eigenvalue weighted by atomic mass is 32.1. The third-order valence-corrected chi connectivity index (χ3v) is 3.61. The molecule has 0 radical (unpaired) electrons. The van der Waals surface area contributed by atoms with E-state index in [0.29, 0.717) is 16.4 Å². The van der Waals surface area contributed by atoms with Crippen molar-refractivity contribution in [1.82, 2.24) is 4.98 Å². The van der Waals surface area contributed by atoms with E-state index in [1.54, 1.807) is 20.3 Å². The Kier molecular flexibility index (Phi) is 3.49. The van der Waals surface area contributed by atoms with Crippen LogP contribution in [0, 0.1) is 18.3 Å². The smallest absolute Gasteiger partial charge is 0.128 e. The van der Waals surface area contributed by atoms with E-state index in [-0.39, 0.29) is 0 Å². The SMILES string of the molecule is COc1cc(OC)cc(-c2nc(C)c(C#N)s2)c1. The lowest BCUT2D eigenvalue weighted by molar-refractivity contribution is 0.394. The van der Waals surface area contributed by atoms with Crippen molar-refractivity contribution in [1.29, 1.82) is 5.26 Å². The van der Waals surface area contributed by atoms with Gasteiger partial charge in [-0.2, -0.15) is 5.26 Å². The first-order valence-corrected chi connectivity index (χ1v) is 6.10. The van der Waals surface area contributed by atoms with E-state index in [1.807, 2.05) is 19.1 Å². The topological polar surface area (TPSA) is 55.1 Å². The van der Waals surface area contributed by atoms with Crippen LogP contribution in [0.15, 0.2) is 18.2 Å². The van der Waals surface area contributed by atoms with Gasteiger partial charge in [-0.3, -0.25) is 0 Å². The quantitative estimate of drug-likeness (QED) is 0.851. The molecule has 0 aliphatic rings. The molecule has 92 valence electrons. The van der Waals surface area contributed by atoms with Crippen molar-refractivity contribution in [3.05, 3.63) is 28.8 Å². The molecule has 0 saturated heterocycles. The van der Waals surface area contributed by atoms with E-state index in [4.69, 9.17) is 14.7 Å². The lowest BCUT2D eigenvalue weighted by Gasteiger charge is -2.06. The fourth-order valence-corrected chi connectivity index (χ4v) is 2.41. The van der Waals surface area contributed by atoms with Gasteiger partial charge in [-0.1, -0.05) is 0 Å². The summed E-state index contributed by atoms with van der Waals surface area (Å²) >= 11 is 1.37. The predicted octanol–water partition coefficient (Wildman–Crippen LogP) is 3.01. The van der Waals surface area contributed by atoms with E-state index < -0.39 is 0 Å². The monoisotopic (exact) mass is 260 g/mol. The van der Waals surface area contributed by atoms with Crippen molar-refractivity contribution in [2.45, 2.75) is 6.92 Å². The van der Waals surface area contributed by atoms with Crippen LogP contribution >= 0.6 is 11.3 Å². The van der Waals surface area contributed by atoms with E-state index in [2.05, 4.69) is 11.1 Å². The van der Waals surface area contributed by atoms with Gasteiger partial charge in [0.25, 0.3) is 0 Å². The number of benzene rings is 1. The molecule has 0 spiro atoms. The fraction of sp³-hybridized carbons (Fsp3) is 0.231. The molecule has 2 rings (SSSR count). The molecule has 0 N–H and O–H groups in total. The van der Waals surface area contributed by atoms with E-state index in [0.717, 1.165) is 16.3 Å². The Morgan fingerprint density at radius 1 is 1.17 bits per heavy atom. The summed E-state index contributed by atoms with van der Waals surface area (Å²) in [7, 11) is 3.21. The second-order valence-corrected chi connectivity index (χ2v) is 4.65. The molecule has 18 heavy (non-hydrogen) atoms. The van der Waals surface area contributed by atoms with Gasteiger partial charge < -0.3 is 9.47 Å². The van der Waals surface area contributed by atoms with Crippen molar-refractivity contribution < 1.29 is 9.47 Å². The van der Waals surface area contributed by atoms with Crippen LogP contribution in [0.4, 0.5) is 0 Å². The molecule has 0 amide bonds. The standard InChI is InChI=1S/C13H12N2O2S/c1-8-12(7-14)18-13(15-8)9-4-10(16-2)6-11(5-9)17-3/h4-6H,1-3H3. The Bertz CT molecular complexity index is 592. The minimum absolute atomic E-state index is 0.631. The number of aromatic nitrogens is 1. The van der Waals surface area contributed by atoms with E-state index >= 15 is 0 Å². The molecular formula is C13H12N2O2S. The van der Waals surface area contributed by atoms with Crippen LogP contribution in [0.1, 0.15) is 10.6 Å². The number of hydrogen-bond donors (Lipinski definition) is 0. The lowest BCUT2D eigenvalue weighted by Crippen LogP contribution is -1.88. The summed E-state index contributed by atoms with van der Waals surface area (Å²) in [6.07, 6.45) is 0. The number of nitriles is 1. The Hall–Kier alpha value is -2.06. The van der Waals surface area contributed by atoms with Crippen LogP contribution in [0.3, 0.4) is 0 Å². The molecule has 0 saturated carbocycles. The zero-order valence-corrected chi connectivity index (χ0v) is 11.2. The van der Waals surface area contributed by atoms with Crippen LogP contribution in [-0.4, -0.2) is 19.2 Å². The zero-order valence-electron chi connectivity index (χ0n) is 10.4. The molecule has 5 heteroatoms. The number of aryl methyl sites for hydroxylation is 1. The molecule has 0 unspecified atom stereocenters. The molecule has 2 aromatic rings. The average molecular weight is 260 g/mol. The van der Waals surface area contributed by atoms with Crippen molar-refractivity contribution in [2.24, 2.45) is 0 Å². The minimum Gasteiger partial charge on any atom is -0.497 e. The van der Waals surface area contributed by atoms with Crippen LogP contribution < -0.4 is 9.47 Å². The summed E-state index contributed by atoms with van der Waals surface area (Å²) in [5, 5.41) is 9.74. The van der Waals surface area contributed by atoms with Crippen LogP contribution in [0.2, 0.25) is 0 Å². The van der Waals surface area contributed by atoms with Crippen LogP contribution in [-0.2, 0) is 0 Å². The van der Waals surface area contributed by atoms with Gasteiger partial charge in [0.1, 0.15) is 27.5 Å². The van der Waals surface area contributed by atoms with Crippen molar-refractivity contribution in [3.8, 4) is 28.1 Å². The first-order valence-electron chi connectivity index (χ1n) is 5.29. The average Bonchev–Trinajstić information content (AvgIpc) is 2.79. The number of rotatable bonds is 3. The first kappa shape index (κ1) is 12.4. The molecule has 1 aromatic carbocycles. The van der Waals surface area contributed by atoms with Crippen molar-refractivity contribution in [2.75, 3.05) is 14.2 Å². The highest BCUT2D eigenvalue weighted by molar-refractivity contribution is 7.15. The molecule has 0 aliphatic heterocycles. The van der Waals surface area contributed by atoms with E-state index in [9.17, 15) is 0 Å². The second-order valence-electron chi connectivity index (χ2n) is 3.65. The van der Waals surface area contributed by atoms with Crippen molar-refractivity contribution >= 4 is 11.3 Å². The summed E-state index contributed by atoms with van der Waals surface area (Å²) < 4.78 is 10.4. The van der Waals surface area contributed by atoms with Gasteiger partial charge in [-0.25, -0.2) is 4.98 Å². The number of hydrogen-bond acceptors (Lipinski definition) is 5. The molecule has 0 aliphatic carbocycles. The molecule has 0 fully saturated rings. The summed E-state index contributed by atoms with van der Waals surface area (Å²) in [5.74, 6) is 1.41. The largest absolute Gasteiger partial charge is 0.497 e. The normalized spacial score (nSPS) is 9.89. The second kappa shape index (κ2) is 5.07. The summed E-state index contributed by atoms with van der Waals surface area (Å²) in [4.78, 5) is 5.02. The third kappa shape index (κ3) is 2.29. The molecule has 0 atom stereocenters. The molecule has 1 aromatic heterocycles. The maximum Gasteiger partial charge on any atom is 0.128 e. The van der Waals surface area contributed by atoms with Gasteiger partial charge in [0, 0.05) is 11.6 Å². The number of ether oxygens (including phenoxy) is 2. The van der Waals surface area contributed by atoms with Gasteiger partial charge in [0.2, 0.25) is 0 Å². The van der Waals surface area contributed by atoms with Gasteiger partial charge in [-0.05, 0) is 19.1 Å². The Labute approximate surface area is 109 Å². The summed E-state index contributed by atoms with van der Waals surface area (Å²) in [6, 6.07) is 7.69. The summed E-state index contributed by atoms with van der Waals surface area (Å²) in [5.41, 5.74) is 1.64. The lowest BCUT2D eigenvalue weighted by atomic mass is 10.2. The highest BCUT2D eigenvalue weighted by Gasteiger charge is 2.11. The number of methoxy groups -OCH3 is 2. The molecule has 4 nitrogen and oxygen atoms in total. The zero-order chi connectivity index (χ0) is 13.1. The summed E-state index contributed by atoms with van der Waals surface area (Å²) in [6.45, 7) is 1.83. The third-order valence-electron chi connectivity index (χ3n) is 2.50. The number of thiazole rings is 1. The van der Waals surface area contributed by atoms with Crippen molar-refractivity contribution in [3.63, 3.8) is 0 Å². The Morgan fingerprint density at radius 2 is 1.78 bits per heavy atom. The molecule has 0 bridgehead atoms. The maximum absolute atomic E-state index is 8.95. The predicted molar refractivity (Wildman–Crippen MR) is 70.1 cm³/mol. The maximum atomic E-state index is 8.95. The number of nitrogens with zero attached hydrogens (tertiary/aromatic N) is 2. The van der Waals surface area contributed by atoms with Gasteiger partial charge >= 0.3 is 0 Å².